The zero-order valence-corrected chi connectivity index (χ0v) is 13.7. The molecule has 1 aromatic carbocycles. The van der Waals surface area contributed by atoms with Crippen LogP contribution in [0.5, 0.6) is 0 Å². The first-order chi connectivity index (χ1) is 12.8. The highest BCUT2D eigenvalue weighted by Crippen LogP contribution is 2.20. The molecule has 0 spiro atoms. The van der Waals surface area contributed by atoms with Gasteiger partial charge in [0.05, 0.1) is 24.1 Å². The number of hydrogen-bond acceptors (Lipinski definition) is 5. The molecule has 0 radical (unpaired) electrons. The quantitative estimate of drug-likeness (QED) is 0.600. The van der Waals surface area contributed by atoms with Crippen LogP contribution in [0.3, 0.4) is 0 Å². The molecule has 128 valence electrons. The van der Waals surface area contributed by atoms with Crippen molar-refractivity contribution < 1.29 is 9.32 Å². The number of amides is 1. The second-order valence-electron chi connectivity index (χ2n) is 5.64. The summed E-state index contributed by atoms with van der Waals surface area (Å²) < 4.78 is 6.96. The second kappa shape index (κ2) is 7.02. The first kappa shape index (κ1) is 15.8. The highest BCUT2D eigenvalue weighted by Gasteiger charge is 2.14. The first-order valence-electron chi connectivity index (χ1n) is 8.04. The van der Waals surface area contributed by atoms with Crippen molar-refractivity contribution in [1.82, 2.24) is 19.9 Å². The van der Waals surface area contributed by atoms with Gasteiger partial charge in [0, 0.05) is 24.0 Å². The van der Waals surface area contributed by atoms with Crippen molar-refractivity contribution in [2.45, 2.75) is 6.54 Å². The Morgan fingerprint density at radius 1 is 1.12 bits per heavy atom. The lowest BCUT2D eigenvalue weighted by Gasteiger charge is -2.00. The van der Waals surface area contributed by atoms with Gasteiger partial charge in [-0.15, -0.1) is 0 Å². The molecule has 0 saturated carbocycles. The molecule has 0 atom stereocenters. The molecule has 4 aromatic rings. The molecule has 3 aromatic heterocycles. The molecular weight excluding hydrogens is 330 g/mol. The van der Waals surface area contributed by atoms with E-state index in [1.54, 1.807) is 29.3 Å². The maximum absolute atomic E-state index is 12.3. The fraction of sp³-hybridized carbons (Fsp3) is 0.0526. The lowest BCUT2D eigenvalue weighted by atomic mass is 10.1. The van der Waals surface area contributed by atoms with Crippen LogP contribution in [0.2, 0.25) is 0 Å². The molecule has 0 unspecified atom stereocenters. The van der Waals surface area contributed by atoms with Gasteiger partial charge in [-0.05, 0) is 12.1 Å². The second-order valence-corrected chi connectivity index (χ2v) is 5.64. The van der Waals surface area contributed by atoms with Crippen LogP contribution in [0.25, 0.3) is 11.3 Å². The lowest BCUT2D eigenvalue weighted by molar-refractivity contribution is 0.101. The number of carbonyl (C=O) groups is 1. The minimum Gasteiger partial charge on any atom is -0.355 e. The molecule has 0 bridgehead atoms. The summed E-state index contributed by atoms with van der Waals surface area (Å²) in [6, 6.07) is 16.8. The Labute approximate surface area is 149 Å². The number of carbonyl (C=O) groups excluding carboxylic acids is 1. The molecule has 0 aliphatic carbocycles. The minimum atomic E-state index is -0.353. The zero-order valence-electron chi connectivity index (χ0n) is 13.7. The van der Waals surface area contributed by atoms with Crippen molar-refractivity contribution >= 4 is 11.6 Å². The highest BCUT2D eigenvalue weighted by molar-refractivity contribution is 6.03. The van der Waals surface area contributed by atoms with Crippen LogP contribution < -0.4 is 5.32 Å². The molecule has 0 fully saturated rings. The Bertz CT molecular complexity index is 1010. The summed E-state index contributed by atoms with van der Waals surface area (Å²) in [6.07, 6.45) is 5.06. The van der Waals surface area contributed by atoms with E-state index in [0.29, 0.717) is 18.0 Å². The average molecular weight is 345 g/mol. The van der Waals surface area contributed by atoms with E-state index in [1.807, 2.05) is 48.5 Å². The normalized spacial score (nSPS) is 10.6. The summed E-state index contributed by atoms with van der Waals surface area (Å²) in [5.41, 5.74) is 2.54. The molecule has 4 rings (SSSR count). The van der Waals surface area contributed by atoms with Crippen LogP contribution in [0.15, 0.2) is 77.7 Å². The van der Waals surface area contributed by atoms with Crippen LogP contribution in [0, 0.1) is 0 Å². The molecular formula is C19H15N5O2. The van der Waals surface area contributed by atoms with Crippen molar-refractivity contribution in [2.24, 2.45) is 0 Å². The van der Waals surface area contributed by atoms with E-state index < -0.39 is 0 Å². The van der Waals surface area contributed by atoms with Gasteiger partial charge in [0.25, 0.3) is 5.91 Å². The van der Waals surface area contributed by atoms with Gasteiger partial charge >= 0.3 is 0 Å². The molecule has 7 nitrogen and oxygen atoms in total. The number of benzene rings is 1. The number of nitrogens with one attached hydrogen (secondary N) is 1. The standard InChI is InChI=1S/C19H15N5O2/c25-19(17-10-18(26-23-17)14-6-2-1-3-7-14)22-16-11-21-24(13-16)12-15-8-4-5-9-20-15/h1-11,13H,12H2,(H,22,25). The van der Waals surface area contributed by atoms with Gasteiger partial charge < -0.3 is 9.84 Å². The molecule has 26 heavy (non-hydrogen) atoms. The third-order valence-corrected chi connectivity index (χ3v) is 3.74. The molecule has 0 saturated heterocycles. The van der Waals surface area contributed by atoms with Gasteiger partial charge in [-0.2, -0.15) is 5.10 Å². The third kappa shape index (κ3) is 3.51. The van der Waals surface area contributed by atoms with Gasteiger partial charge in [-0.1, -0.05) is 41.6 Å². The van der Waals surface area contributed by atoms with Gasteiger partial charge in [-0.3, -0.25) is 14.5 Å². The minimum absolute atomic E-state index is 0.210. The fourth-order valence-electron chi connectivity index (χ4n) is 2.49. The zero-order chi connectivity index (χ0) is 17.8. The molecule has 0 aliphatic heterocycles. The smallest absolute Gasteiger partial charge is 0.277 e. The molecule has 1 amide bonds. The van der Waals surface area contributed by atoms with E-state index in [-0.39, 0.29) is 11.6 Å². The van der Waals surface area contributed by atoms with Crippen LogP contribution in [-0.4, -0.2) is 25.8 Å². The van der Waals surface area contributed by atoms with Crippen molar-refractivity contribution in [3.63, 3.8) is 0 Å². The number of anilines is 1. The third-order valence-electron chi connectivity index (χ3n) is 3.74. The average Bonchev–Trinajstić information content (AvgIpc) is 3.33. The van der Waals surface area contributed by atoms with Gasteiger partial charge in [0.2, 0.25) is 0 Å². The van der Waals surface area contributed by atoms with E-state index in [9.17, 15) is 4.79 Å². The summed E-state index contributed by atoms with van der Waals surface area (Å²) >= 11 is 0. The molecule has 7 heteroatoms. The van der Waals surface area contributed by atoms with E-state index in [0.717, 1.165) is 11.3 Å². The van der Waals surface area contributed by atoms with E-state index >= 15 is 0 Å². The number of aromatic nitrogens is 4. The molecule has 1 N–H and O–H groups in total. The van der Waals surface area contributed by atoms with Gasteiger partial charge in [-0.25, -0.2) is 0 Å². The monoisotopic (exact) mass is 345 g/mol. The predicted octanol–water partition coefficient (Wildman–Crippen LogP) is 3.23. The van der Waals surface area contributed by atoms with E-state index in [2.05, 4.69) is 20.6 Å². The predicted molar refractivity (Wildman–Crippen MR) is 95.5 cm³/mol. The van der Waals surface area contributed by atoms with Crippen molar-refractivity contribution in [3.8, 4) is 11.3 Å². The largest absolute Gasteiger partial charge is 0.355 e. The van der Waals surface area contributed by atoms with Gasteiger partial charge in [0.1, 0.15) is 0 Å². The van der Waals surface area contributed by atoms with E-state index in [4.69, 9.17) is 4.52 Å². The number of hydrogen-bond donors (Lipinski definition) is 1. The maximum atomic E-state index is 12.3. The highest BCUT2D eigenvalue weighted by atomic mass is 16.5. The van der Waals surface area contributed by atoms with Gasteiger partial charge in [0.15, 0.2) is 11.5 Å². The summed E-state index contributed by atoms with van der Waals surface area (Å²) in [5.74, 6) is 0.190. The van der Waals surface area contributed by atoms with Crippen LogP contribution >= 0.6 is 0 Å². The Morgan fingerprint density at radius 2 is 1.96 bits per heavy atom. The summed E-state index contributed by atoms with van der Waals surface area (Å²) in [7, 11) is 0. The number of nitrogens with zero attached hydrogens (tertiary/aromatic N) is 4. The Morgan fingerprint density at radius 3 is 2.77 bits per heavy atom. The SMILES string of the molecule is O=C(Nc1cnn(Cc2ccccn2)c1)c1cc(-c2ccccc2)on1. The van der Waals surface area contributed by atoms with Crippen molar-refractivity contribution in [1.29, 1.82) is 0 Å². The Hall–Kier alpha value is -3.74. The van der Waals surface area contributed by atoms with Crippen LogP contribution in [0.4, 0.5) is 5.69 Å². The number of rotatable bonds is 5. The van der Waals surface area contributed by atoms with Crippen LogP contribution in [0.1, 0.15) is 16.2 Å². The number of pyridine rings is 1. The Kier molecular flexibility index (Phi) is 4.26. The summed E-state index contributed by atoms with van der Waals surface area (Å²) in [4.78, 5) is 16.6. The fourth-order valence-corrected chi connectivity index (χ4v) is 2.49. The topological polar surface area (TPSA) is 85.8 Å². The van der Waals surface area contributed by atoms with Crippen LogP contribution in [-0.2, 0) is 6.54 Å². The summed E-state index contributed by atoms with van der Waals surface area (Å²) in [6.45, 7) is 0.527. The van der Waals surface area contributed by atoms with Crippen molar-refractivity contribution in [3.05, 3.63) is 84.6 Å². The molecule has 0 aliphatic rings. The Balaban J connectivity index is 1.43. The lowest BCUT2D eigenvalue weighted by Crippen LogP contribution is -2.11. The molecule has 3 heterocycles. The van der Waals surface area contributed by atoms with Crippen molar-refractivity contribution in [2.75, 3.05) is 5.32 Å². The van der Waals surface area contributed by atoms with E-state index in [1.165, 1.54) is 0 Å². The summed E-state index contributed by atoms with van der Waals surface area (Å²) in [5, 5.41) is 10.8. The first-order valence-corrected chi connectivity index (χ1v) is 8.04. The maximum Gasteiger partial charge on any atom is 0.277 e.